The molecule has 0 fully saturated rings. The normalized spacial score (nSPS) is 10.6. The maximum atomic E-state index is 10.3. The van der Waals surface area contributed by atoms with Crippen LogP contribution >= 0.6 is 0 Å². The van der Waals surface area contributed by atoms with Crippen molar-refractivity contribution in [2.45, 2.75) is 39.0 Å². The van der Waals surface area contributed by atoms with Crippen molar-refractivity contribution in [1.29, 1.82) is 0 Å². The number of nitrogens with two attached hydrogens (primary N) is 1. The topological polar surface area (TPSA) is 43.1 Å². The fourth-order valence-electron chi connectivity index (χ4n) is 0.905. The molecule has 11 heavy (non-hydrogen) atoms. The van der Waals surface area contributed by atoms with E-state index in [-0.39, 0.29) is 5.91 Å². The van der Waals surface area contributed by atoms with Crippen LogP contribution in [0.4, 0.5) is 0 Å². The molecular formula is C9H17NO. The number of amides is 1. The number of unbranched alkanes of at least 4 members (excludes halogenated alkanes) is 3. The fourth-order valence-corrected chi connectivity index (χ4v) is 0.905. The number of primary amides is 1. The minimum atomic E-state index is -0.184. The smallest absolute Gasteiger partial charge is 0.217 e. The average Bonchev–Trinajstić information content (AvgIpc) is 1.96. The molecule has 2 nitrogen and oxygen atoms in total. The summed E-state index contributed by atoms with van der Waals surface area (Å²) in [5.74, 6) is -0.184. The van der Waals surface area contributed by atoms with Gasteiger partial charge in [-0.25, -0.2) is 0 Å². The SMILES string of the molecule is C/C=C\CCCCCC(N)=O. The molecule has 0 aliphatic rings. The molecule has 0 unspecified atom stereocenters. The molecule has 0 aromatic heterocycles. The minimum absolute atomic E-state index is 0.184. The number of allylic oxidation sites excluding steroid dienone is 2. The van der Waals surface area contributed by atoms with E-state index in [9.17, 15) is 4.79 Å². The summed E-state index contributed by atoms with van der Waals surface area (Å²) in [6, 6.07) is 0. The summed E-state index contributed by atoms with van der Waals surface area (Å²) in [6.45, 7) is 2.02. The first-order chi connectivity index (χ1) is 5.27. The van der Waals surface area contributed by atoms with Gasteiger partial charge in [-0.3, -0.25) is 4.79 Å². The molecule has 0 aliphatic heterocycles. The molecule has 64 valence electrons. The molecule has 0 saturated heterocycles. The van der Waals surface area contributed by atoms with Crippen LogP contribution in [0.3, 0.4) is 0 Å². The van der Waals surface area contributed by atoms with Gasteiger partial charge in [0.05, 0.1) is 0 Å². The third-order valence-electron chi connectivity index (χ3n) is 1.53. The molecule has 2 heteroatoms. The van der Waals surface area contributed by atoms with E-state index in [2.05, 4.69) is 6.08 Å². The summed E-state index contributed by atoms with van der Waals surface area (Å²) in [4.78, 5) is 10.3. The number of hydrogen-bond acceptors (Lipinski definition) is 1. The molecule has 0 aromatic carbocycles. The van der Waals surface area contributed by atoms with E-state index in [0.29, 0.717) is 6.42 Å². The fraction of sp³-hybridized carbons (Fsp3) is 0.667. The summed E-state index contributed by atoms with van der Waals surface area (Å²) in [6.07, 6.45) is 9.06. The Morgan fingerprint density at radius 1 is 1.36 bits per heavy atom. The molecule has 0 aromatic rings. The van der Waals surface area contributed by atoms with Crippen LogP contribution in [0, 0.1) is 0 Å². The Bertz CT molecular complexity index is 130. The van der Waals surface area contributed by atoms with Crippen molar-refractivity contribution >= 4 is 5.91 Å². The number of hydrogen-bond donors (Lipinski definition) is 1. The molecule has 0 heterocycles. The molecular weight excluding hydrogens is 138 g/mol. The van der Waals surface area contributed by atoms with E-state index in [4.69, 9.17) is 5.73 Å². The third kappa shape index (κ3) is 9.21. The highest BCUT2D eigenvalue weighted by Gasteiger charge is 1.92. The Morgan fingerprint density at radius 2 is 2.09 bits per heavy atom. The van der Waals surface area contributed by atoms with E-state index in [1.807, 2.05) is 13.0 Å². The van der Waals surface area contributed by atoms with Crippen molar-refractivity contribution in [1.82, 2.24) is 0 Å². The second-order valence-corrected chi connectivity index (χ2v) is 2.63. The maximum absolute atomic E-state index is 10.3. The van der Waals surface area contributed by atoms with Gasteiger partial charge in [-0.2, -0.15) is 0 Å². The zero-order valence-electron chi connectivity index (χ0n) is 7.18. The molecule has 0 rings (SSSR count). The van der Waals surface area contributed by atoms with Crippen LogP contribution in [-0.4, -0.2) is 5.91 Å². The van der Waals surface area contributed by atoms with Crippen LogP contribution in [0.2, 0.25) is 0 Å². The second-order valence-electron chi connectivity index (χ2n) is 2.63. The molecule has 2 N–H and O–H groups in total. The summed E-state index contributed by atoms with van der Waals surface area (Å²) in [7, 11) is 0. The number of rotatable bonds is 6. The zero-order valence-corrected chi connectivity index (χ0v) is 7.18. The van der Waals surface area contributed by atoms with Crippen LogP contribution in [0.5, 0.6) is 0 Å². The Morgan fingerprint density at radius 3 is 2.64 bits per heavy atom. The van der Waals surface area contributed by atoms with Crippen molar-refractivity contribution in [3.63, 3.8) is 0 Å². The first-order valence-electron chi connectivity index (χ1n) is 4.17. The standard InChI is InChI=1S/C9H17NO/c1-2-3-4-5-6-7-8-9(10)11/h2-3H,4-8H2,1H3,(H2,10,11)/b3-2-. The van der Waals surface area contributed by atoms with Crippen molar-refractivity contribution in [3.05, 3.63) is 12.2 Å². The van der Waals surface area contributed by atoms with Gasteiger partial charge in [0.1, 0.15) is 0 Å². The molecule has 0 radical (unpaired) electrons. The van der Waals surface area contributed by atoms with Gasteiger partial charge < -0.3 is 5.73 Å². The lowest BCUT2D eigenvalue weighted by Gasteiger charge is -1.94. The number of carbonyl (C=O) groups excluding carboxylic acids is 1. The number of carbonyl (C=O) groups is 1. The van der Waals surface area contributed by atoms with Crippen LogP contribution in [-0.2, 0) is 4.79 Å². The Labute approximate surface area is 68.5 Å². The third-order valence-corrected chi connectivity index (χ3v) is 1.53. The first kappa shape index (κ1) is 10.2. The summed E-state index contributed by atoms with van der Waals surface area (Å²) < 4.78 is 0. The average molecular weight is 155 g/mol. The summed E-state index contributed by atoms with van der Waals surface area (Å²) in [5.41, 5.74) is 4.98. The quantitative estimate of drug-likeness (QED) is 0.462. The lowest BCUT2D eigenvalue weighted by Crippen LogP contribution is -2.09. The van der Waals surface area contributed by atoms with E-state index < -0.39 is 0 Å². The van der Waals surface area contributed by atoms with Gasteiger partial charge in [-0.05, 0) is 26.2 Å². The lowest BCUT2D eigenvalue weighted by atomic mass is 10.1. The van der Waals surface area contributed by atoms with Gasteiger partial charge in [0.25, 0.3) is 0 Å². The van der Waals surface area contributed by atoms with E-state index in [0.717, 1.165) is 25.7 Å². The van der Waals surface area contributed by atoms with Gasteiger partial charge in [-0.15, -0.1) is 0 Å². The summed E-state index contributed by atoms with van der Waals surface area (Å²) >= 11 is 0. The Hall–Kier alpha value is -0.790. The molecule has 0 aliphatic carbocycles. The Balaban J connectivity index is 2.96. The molecule has 1 amide bonds. The molecule has 0 spiro atoms. The van der Waals surface area contributed by atoms with Gasteiger partial charge in [-0.1, -0.05) is 18.6 Å². The van der Waals surface area contributed by atoms with Crippen molar-refractivity contribution < 1.29 is 4.79 Å². The maximum Gasteiger partial charge on any atom is 0.217 e. The predicted octanol–water partition coefficient (Wildman–Crippen LogP) is 2.00. The summed E-state index contributed by atoms with van der Waals surface area (Å²) in [5, 5.41) is 0. The molecule has 0 bridgehead atoms. The highest BCUT2D eigenvalue weighted by molar-refractivity contribution is 5.73. The predicted molar refractivity (Wildman–Crippen MR) is 47.1 cm³/mol. The molecule has 0 saturated carbocycles. The van der Waals surface area contributed by atoms with E-state index in [1.54, 1.807) is 0 Å². The lowest BCUT2D eigenvalue weighted by molar-refractivity contribution is -0.118. The minimum Gasteiger partial charge on any atom is -0.370 e. The van der Waals surface area contributed by atoms with Crippen LogP contribution < -0.4 is 5.73 Å². The largest absolute Gasteiger partial charge is 0.370 e. The van der Waals surface area contributed by atoms with Gasteiger partial charge in [0.15, 0.2) is 0 Å². The van der Waals surface area contributed by atoms with Crippen LogP contribution in [0.15, 0.2) is 12.2 Å². The second kappa shape index (κ2) is 7.32. The van der Waals surface area contributed by atoms with Gasteiger partial charge in [0.2, 0.25) is 5.91 Å². The first-order valence-corrected chi connectivity index (χ1v) is 4.17. The zero-order chi connectivity index (χ0) is 8.53. The highest BCUT2D eigenvalue weighted by Crippen LogP contribution is 2.02. The van der Waals surface area contributed by atoms with E-state index in [1.165, 1.54) is 0 Å². The van der Waals surface area contributed by atoms with Gasteiger partial charge >= 0.3 is 0 Å². The van der Waals surface area contributed by atoms with Gasteiger partial charge in [0, 0.05) is 6.42 Å². The highest BCUT2D eigenvalue weighted by atomic mass is 16.1. The van der Waals surface area contributed by atoms with Crippen LogP contribution in [0.1, 0.15) is 39.0 Å². The van der Waals surface area contributed by atoms with E-state index >= 15 is 0 Å². The van der Waals surface area contributed by atoms with Crippen molar-refractivity contribution in [2.75, 3.05) is 0 Å². The monoisotopic (exact) mass is 155 g/mol. The Kier molecular flexibility index (Phi) is 6.79. The molecule has 0 atom stereocenters. The van der Waals surface area contributed by atoms with Crippen molar-refractivity contribution in [3.8, 4) is 0 Å². The van der Waals surface area contributed by atoms with Crippen LogP contribution in [0.25, 0.3) is 0 Å². The van der Waals surface area contributed by atoms with Crippen molar-refractivity contribution in [2.24, 2.45) is 5.73 Å².